The first kappa shape index (κ1) is 18.0. The molecule has 1 aliphatic heterocycles. The van der Waals surface area contributed by atoms with Gasteiger partial charge in [0.2, 0.25) is 6.29 Å². The Morgan fingerprint density at radius 2 is 1.92 bits per heavy atom. The van der Waals surface area contributed by atoms with Gasteiger partial charge in [-0.2, -0.15) is 0 Å². The Bertz CT molecular complexity index is 617. The van der Waals surface area contributed by atoms with Gasteiger partial charge in [-0.25, -0.2) is 4.79 Å². The highest BCUT2D eigenvalue weighted by Crippen LogP contribution is 2.25. The molecular weight excluding hydrogens is 322 g/mol. The molecule has 0 amide bonds. The van der Waals surface area contributed by atoms with Crippen LogP contribution in [0.1, 0.15) is 10.4 Å². The number of rotatable bonds is 5. The quantitative estimate of drug-likeness (QED) is 0.294. The first-order chi connectivity index (χ1) is 11.5. The third kappa shape index (κ3) is 3.94. The lowest BCUT2D eigenvalue weighted by Gasteiger charge is -2.39. The number of hydrogen-bond acceptors (Lipinski definition) is 8. The minimum atomic E-state index is -1.53. The number of hydrogen-bond donors (Lipinski definition) is 3. The summed E-state index contributed by atoms with van der Waals surface area (Å²) in [6.07, 6.45) is -6.78. The van der Waals surface area contributed by atoms with Crippen LogP contribution in [0.25, 0.3) is 10.4 Å². The maximum Gasteiger partial charge on any atom is 0.337 e. The molecule has 5 atom stereocenters. The molecule has 0 spiro atoms. The van der Waals surface area contributed by atoms with Crippen molar-refractivity contribution < 1.29 is 34.3 Å². The monoisotopic (exact) mass is 339 g/mol. The summed E-state index contributed by atoms with van der Waals surface area (Å²) in [4.78, 5) is 13.9. The summed E-state index contributed by atoms with van der Waals surface area (Å²) in [6.45, 7) is -0.234. The third-order valence-corrected chi connectivity index (χ3v) is 3.52. The van der Waals surface area contributed by atoms with Crippen molar-refractivity contribution in [1.29, 1.82) is 0 Å². The van der Waals surface area contributed by atoms with E-state index in [-0.39, 0.29) is 12.3 Å². The highest BCUT2D eigenvalue weighted by Gasteiger charge is 2.44. The SMILES string of the molecule is COC(=O)c1ccc(O[C@@H]2O[C@H](CN=[N+]=[N-])[C@H](O)[C@H](O)[C@H]2O)cc1. The number of aliphatic hydroxyl groups excluding tert-OH is 3. The minimum absolute atomic E-state index is 0.234. The lowest BCUT2D eigenvalue weighted by Crippen LogP contribution is -2.59. The molecule has 0 bridgehead atoms. The van der Waals surface area contributed by atoms with Crippen molar-refractivity contribution in [2.45, 2.75) is 30.7 Å². The number of methoxy groups -OCH3 is 1. The fourth-order valence-electron chi connectivity index (χ4n) is 2.20. The molecule has 1 aliphatic rings. The topological polar surface area (TPSA) is 154 Å². The Hall–Kier alpha value is -2.36. The number of esters is 1. The molecule has 0 aromatic heterocycles. The van der Waals surface area contributed by atoms with Crippen LogP contribution in [0, 0.1) is 0 Å². The summed E-state index contributed by atoms with van der Waals surface area (Å²) >= 11 is 0. The Morgan fingerprint density at radius 1 is 1.25 bits per heavy atom. The summed E-state index contributed by atoms with van der Waals surface area (Å²) in [7, 11) is 1.26. The molecule has 3 N–H and O–H groups in total. The van der Waals surface area contributed by atoms with Crippen molar-refractivity contribution in [3.63, 3.8) is 0 Å². The van der Waals surface area contributed by atoms with Crippen molar-refractivity contribution in [2.75, 3.05) is 13.7 Å². The first-order valence-electron chi connectivity index (χ1n) is 7.03. The molecular formula is C14H17N3O7. The van der Waals surface area contributed by atoms with Crippen LogP contribution in [0.4, 0.5) is 0 Å². The molecule has 0 aliphatic carbocycles. The van der Waals surface area contributed by atoms with Crippen molar-refractivity contribution in [3.8, 4) is 5.75 Å². The van der Waals surface area contributed by atoms with E-state index in [4.69, 9.17) is 15.0 Å². The fraction of sp³-hybridized carbons (Fsp3) is 0.500. The van der Waals surface area contributed by atoms with Crippen LogP contribution in [0.2, 0.25) is 0 Å². The third-order valence-electron chi connectivity index (χ3n) is 3.52. The number of aliphatic hydroxyl groups is 3. The molecule has 10 heteroatoms. The zero-order valence-corrected chi connectivity index (χ0v) is 12.7. The summed E-state index contributed by atoms with van der Waals surface area (Å²) < 4.78 is 15.4. The largest absolute Gasteiger partial charge is 0.465 e. The number of nitrogens with zero attached hydrogens (tertiary/aromatic N) is 3. The van der Waals surface area contributed by atoms with Crippen molar-refractivity contribution in [3.05, 3.63) is 40.3 Å². The van der Waals surface area contributed by atoms with E-state index in [0.29, 0.717) is 5.56 Å². The van der Waals surface area contributed by atoms with E-state index in [1.807, 2.05) is 0 Å². The second kappa shape index (κ2) is 7.95. The zero-order chi connectivity index (χ0) is 17.7. The smallest absolute Gasteiger partial charge is 0.337 e. The van der Waals surface area contributed by atoms with Crippen molar-refractivity contribution in [1.82, 2.24) is 0 Å². The van der Waals surface area contributed by atoms with Crippen LogP contribution >= 0.6 is 0 Å². The second-order valence-corrected chi connectivity index (χ2v) is 5.06. The summed E-state index contributed by atoms with van der Waals surface area (Å²) in [5, 5.41) is 32.9. The van der Waals surface area contributed by atoms with Crippen LogP contribution in [0.3, 0.4) is 0 Å². The van der Waals surface area contributed by atoms with Gasteiger partial charge < -0.3 is 29.5 Å². The number of carbonyl (C=O) groups is 1. The van der Waals surface area contributed by atoms with E-state index in [0.717, 1.165) is 0 Å². The molecule has 1 saturated heterocycles. The normalized spacial score (nSPS) is 29.4. The van der Waals surface area contributed by atoms with Crippen LogP contribution in [-0.2, 0) is 9.47 Å². The number of ether oxygens (including phenoxy) is 3. The van der Waals surface area contributed by atoms with E-state index in [2.05, 4.69) is 14.8 Å². The molecule has 24 heavy (non-hydrogen) atoms. The van der Waals surface area contributed by atoms with Crippen LogP contribution in [-0.4, -0.2) is 65.6 Å². The highest BCUT2D eigenvalue weighted by atomic mass is 16.7. The van der Waals surface area contributed by atoms with Crippen molar-refractivity contribution >= 4 is 5.97 Å². The summed E-state index contributed by atoms with van der Waals surface area (Å²) in [6, 6.07) is 5.84. The predicted octanol–water partition coefficient (Wildman–Crippen LogP) is -0.0301. The average molecular weight is 339 g/mol. The summed E-state index contributed by atoms with van der Waals surface area (Å²) in [5.74, 6) is -0.249. The van der Waals surface area contributed by atoms with Gasteiger partial charge in [0.25, 0.3) is 0 Å². The minimum Gasteiger partial charge on any atom is -0.465 e. The van der Waals surface area contributed by atoms with Gasteiger partial charge in [0, 0.05) is 4.91 Å². The van der Waals surface area contributed by atoms with Gasteiger partial charge in [0.05, 0.1) is 25.3 Å². The Kier molecular flexibility index (Phi) is 5.96. The van der Waals surface area contributed by atoms with Crippen molar-refractivity contribution in [2.24, 2.45) is 5.11 Å². The molecule has 130 valence electrons. The summed E-state index contributed by atoms with van der Waals surface area (Å²) in [5.41, 5.74) is 8.65. The molecule has 0 radical (unpaired) electrons. The number of azide groups is 1. The van der Waals surface area contributed by atoms with Crippen LogP contribution in [0.15, 0.2) is 29.4 Å². The van der Waals surface area contributed by atoms with Gasteiger partial charge >= 0.3 is 5.97 Å². The highest BCUT2D eigenvalue weighted by molar-refractivity contribution is 5.89. The van der Waals surface area contributed by atoms with E-state index in [9.17, 15) is 20.1 Å². The molecule has 0 saturated carbocycles. The maximum atomic E-state index is 11.4. The van der Waals surface area contributed by atoms with Gasteiger partial charge in [-0.1, -0.05) is 5.11 Å². The van der Waals surface area contributed by atoms with Gasteiger partial charge in [-0.15, -0.1) is 0 Å². The lowest BCUT2D eigenvalue weighted by molar-refractivity contribution is -0.269. The number of benzene rings is 1. The van der Waals surface area contributed by atoms with Gasteiger partial charge in [0.1, 0.15) is 24.1 Å². The molecule has 1 aromatic carbocycles. The second-order valence-electron chi connectivity index (χ2n) is 5.06. The Morgan fingerprint density at radius 3 is 2.50 bits per heavy atom. The average Bonchev–Trinajstić information content (AvgIpc) is 2.61. The molecule has 1 aromatic rings. The number of carbonyl (C=O) groups excluding carboxylic acids is 1. The van der Waals surface area contributed by atoms with E-state index in [1.165, 1.54) is 31.4 Å². The van der Waals surface area contributed by atoms with E-state index >= 15 is 0 Å². The standard InChI is InChI=1S/C14H17N3O7/c1-22-13(21)7-2-4-8(5-3-7)23-14-12(20)11(19)10(18)9(24-14)6-16-17-15/h2-5,9-12,14,18-20H,6H2,1H3/t9-,10+,11+,12-,14-/m1/s1. The Labute approximate surface area is 136 Å². The van der Waals surface area contributed by atoms with Crippen LogP contribution in [0.5, 0.6) is 5.75 Å². The zero-order valence-electron chi connectivity index (χ0n) is 12.7. The molecule has 1 fully saturated rings. The van der Waals surface area contributed by atoms with Crippen LogP contribution < -0.4 is 4.74 Å². The predicted molar refractivity (Wildman–Crippen MR) is 79.1 cm³/mol. The van der Waals surface area contributed by atoms with E-state index < -0.39 is 36.7 Å². The fourth-order valence-corrected chi connectivity index (χ4v) is 2.20. The van der Waals surface area contributed by atoms with Gasteiger partial charge in [-0.05, 0) is 29.8 Å². The van der Waals surface area contributed by atoms with Gasteiger partial charge in [0.15, 0.2) is 0 Å². The molecule has 1 heterocycles. The van der Waals surface area contributed by atoms with Gasteiger partial charge in [-0.3, -0.25) is 0 Å². The maximum absolute atomic E-state index is 11.4. The van der Waals surface area contributed by atoms with E-state index in [1.54, 1.807) is 0 Å². The first-order valence-corrected chi connectivity index (χ1v) is 7.03. The lowest BCUT2D eigenvalue weighted by atomic mass is 9.99. The molecule has 10 nitrogen and oxygen atoms in total. The Balaban J connectivity index is 2.09. The molecule has 0 unspecified atom stereocenters. The molecule has 2 rings (SSSR count).